The van der Waals surface area contributed by atoms with Crippen LogP contribution < -0.4 is 10.6 Å². The largest absolute Gasteiger partial charge is 0.343 e. The van der Waals surface area contributed by atoms with Crippen LogP contribution in [0, 0.1) is 0 Å². The van der Waals surface area contributed by atoms with E-state index in [4.69, 9.17) is 11.6 Å². The Kier molecular flexibility index (Phi) is 5.36. The molecule has 0 aliphatic rings. The zero-order valence-corrected chi connectivity index (χ0v) is 13.2. The van der Waals surface area contributed by atoms with Crippen LogP contribution in [0.5, 0.6) is 0 Å². The van der Waals surface area contributed by atoms with Crippen molar-refractivity contribution in [2.45, 2.75) is 0 Å². The van der Waals surface area contributed by atoms with E-state index in [1.54, 1.807) is 42.5 Å². The van der Waals surface area contributed by atoms with E-state index in [0.717, 1.165) is 0 Å². The van der Waals surface area contributed by atoms with E-state index in [2.05, 4.69) is 26.6 Å². The molecule has 0 heterocycles. The van der Waals surface area contributed by atoms with E-state index in [1.165, 1.54) is 0 Å². The highest BCUT2D eigenvalue weighted by Crippen LogP contribution is 2.25. The van der Waals surface area contributed by atoms with Gasteiger partial charge in [0, 0.05) is 15.7 Å². The Morgan fingerprint density at radius 1 is 1.10 bits per heavy atom. The van der Waals surface area contributed by atoms with Gasteiger partial charge in [-0.25, -0.2) is 0 Å². The van der Waals surface area contributed by atoms with Gasteiger partial charge in [-0.1, -0.05) is 29.8 Å². The zero-order valence-electron chi connectivity index (χ0n) is 10.9. The molecule has 2 aromatic rings. The highest BCUT2D eigenvalue weighted by Gasteiger charge is 2.08. The molecular formula is C15H12BrClN2O2. The van der Waals surface area contributed by atoms with Crippen LogP contribution in [0.4, 0.5) is 5.69 Å². The van der Waals surface area contributed by atoms with Gasteiger partial charge in [0.05, 0.1) is 11.6 Å². The first-order chi connectivity index (χ1) is 10.1. The molecule has 0 spiro atoms. The lowest BCUT2D eigenvalue weighted by atomic mass is 10.2. The molecule has 2 rings (SSSR count). The topological polar surface area (TPSA) is 58.2 Å². The fraction of sp³-hybridized carbons (Fsp3) is 0.0667. The second-order valence-corrected chi connectivity index (χ2v) is 5.49. The Bertz CT molecular complexity index is 662. The summed E-state index contributed by atoms with van der Waals surface area (Å²) in [5, 5.41) is 5.79. The minimum Gasteiger partial charge on any atom is -0.343 e. The third-order valence-corrected chi connectivity index (χ3v) is 3.86. The normalized spacial score (nSPS) is 10.0. The summed E-state index contributed by atoms with van der Waals surface area (Å²) in [6.07, 6.45) is 0. The maximum absolute atomic E-state index is 11.8. The maximum Gasteiger partial charge on any atom is 0.251 e. The van der Waals surface area contributed by atoms with Gasteiger partial charge in [0.1, 0.15) is 0 Å². The Morgan fingerprint density at radius 3 is 2.48 bits per heavy atom. The van der Waals surface area contributed by atoms with E-state index >= 15 is 0 Å². The molecule has 2 aromatic carbocycles. The van der Waals surface area contributed by atoms with E-state index < -0.39 is 0 Å². The van der Waals surface area contributed by atoms with Crippen molar-refractivity contribution in [1.29, 1.82) is 0 Å². The molecule has 0 aliphatic carbocycles. The molecule has 0 saturated heterocycles. The number of rotatable bonds is 4. The summed E-state index contributed by atoms with van der Waals surface area (Å²) in [7, 11) is 0. The summed E-state index contributed by atoms with van der Waals surface area (Å²) in [4.78, 5) is 23.6. The molecule has 4 nitrogen and oxygen atoms in total. The van der Waals surface area contributed by atoms with E-state index in [0.29, 0.717) is 20.7 Å². The highest BCUT2D eigenvalue weighted by atomic mass is 79.9. The van der Waals surface area contributed by atoms with E-state index in [9.17, 15) is 9.59 Å². The van der Waals surface area contributed by atoms with Crippen molar-refractivity contribution in [1.82, 2.24) is 5.32 Å². The second-order valence-electron chi connectivity index (χ2n) is 4.23. The van der Waals surface area contributed by atoms with Crippen LogP contribution in [0.15, 0.2) is 53.0 Å². The zero-order chi connectivity index (χ0) is 15.2. The minimum absolute atomic E-state index is 0.103. The summed E-state index contributed by atoms with van der Waals surface area (Å²) in [6, 6.07) is 13.8. The van der Waals surface area contributed by atoms with Crippen molar-refractivity contribution in [3.05, 3.63) is 63.6 Å². The van der Waals surface area contributed by atoms with Gasteiger partial charge in [-0.05, 0) is 46.3 Å². The van der Waals surface area contributed by atoms with Crippen LogP contribution in [0.25, 0.3) is 0 Å². The first kappa shape index (κ1) is 15.5. The monoisotopic (exact) mass is 366 g/mol. The van der Waals surface area contributed by atoms with Crippen LogP contribution >= 0.6 is 27.5 Å². The first-order valence-electron chi connectivity index (χ1n) is 6.14. The van der Waals surface area contributed by atoms with Gasteiger partial charge in [0.15, 0.2) is 0 Å². The summed E-state index contributed by atoms with van der Waals surface area (Å²) in [6.45, 7) is -0.103. The number of nitrogens with one attached hydrogen (secondary N) is 2. The van der Waals surface area contributed by atoms with Crippen LogP contribution in [-0.2, 0) is 4.79 Å². The van der Waals surface area contributed by atoms with Gasteiger partial charge in [0.2, 0.25) is 5.91 Å². The van der Waals surface area contributed by atoms with Crippen molar-refractivity contribution < 1.29 is 9.59 Å². The van der Waals surface area contributed by atoms with Gasteiger partial charge in [0.25, 0.3) is 5.91 Å². The van der Waals surface area contributed by atoms with Gasteiger partial charge in [-0.15, -0.1) is 0 Å². The van der Waals surface area contributed by atoms with Gasteiger partial charge in [-0.3, -0.25) is 9.59 Å². The average Bonchev–Trinajstić information content (AvgIpc) is 2.49. The molecule has 0 aliphatic heterocycles. The molecule has 21 heavy (non-hydrogen) atoms. The Hall–Kier alpha value is -1.85. The fourth-order valence-electron chi connectivity index (χ4n) is 1.63. The third-order valence-electron chi connectivity index (χ3n) is 2.65. The van der Waals surface area contributed by atoms with E-state index in [1.807, 2.05) is 6.07 Å². The van der Waals surface area contributed by atoms with Gasteiger partial charge < -0.3 is 10.6 Å². The minimum atomic E-state index is -0.312. The lowest BCUT2D eigenvalue weighted by molar-refractivity contribution is -0.115. The lowest BCUT2D eigenvalue weighted by Crippen LogP contribution is -2.32. The molecule has 0 saturated carbocycles. The van der Waals surface area contributed by atoms with Crippen molar-refractivity contribution in [3.63, 3.8) is 0 Å². The number of hydrogen-bond acceptors (Lipinski definition) is 2. The third kappa shape index (κ3) is 4.58. The van der Waals surface area contributed by atoms with Crippen LogP contribution in [0.2, 0.25) is 5.02 Å². The quantitative estimate of drug-likeness (QED) is 0.869. The van der Waals surface area contributed by atoms with Gasteiger partial charge in [-0.2, -0.15) is 0 Å². The summed E-state index contributed by atoms with van der Waals surface area (Å²) >= 11 is 9.15. The predicted molar refractivity (Wildman–Crippen MR) is 86.6 cm³/mol. The number of carbonyl (C=O) groups is 2. The van der Waals surface area contributed by atoms with Crippen molar-refractivity contribution in [3.8, 4) is 0 Å². The Morgan fingerprint density at radius 2 is 1.81 bits per heavy atom. The molecule has 2 amide bonds. The number of amides is 2. The molecule has 0 unspecified atom stereocenters. The number of anilines is 1. The second kappa shape index (κ2) is 7.24. The SMILES string of the molecule is O=C(CNC(=O)c1ccccc1)Nc1ccc(Cl)c(Br)c1. The fourth-order valence-corrected chi connectivity index (χ4v) is 2.13. The molecule has 0 fully saturated rings. The Labute approximate surface area is 135 Å². The lowest BCUT2D eigenvalue weighted by Gasteiger charge is -2.08. The van der Waals surface area contributed by atoms with Crippen molar-refractivity contribution in [2.24, 2.45) is 0 Å². The smallest absolute Gasteiger partial charge is 0.251 e. The van der Waals surface area contributed by atoms with E-state index in [-0.39, 0.29) is 18.4 Å². The maximum atomic E-state index is 11.8. The number of hydrogen-bond donors (Lipinski definition) is 2. The average molecular weight is 368 g/mol. The Balaban J connectivity index is 1.87. The molecule has 0 aromatic heterocycles. The molecule has 6 heteroatoms. The molecule has 0 radical (unpaired) electrons. The number of benzene rings is 2. The first-order valence-corrected chi connectivity index (χ1v) is 7.31. The molecule has 108 valence electrons. The van der Waals surface area contributed by atoms with Crippen LogP contribution in [0.3, 0.4) is 0 Å². The van der Waals surface area contributed by atoms with Crippen LogP contribution in [0.1, 0.15) is 10.4 Å². The summed E-state index contributed by atoms with van der Waals surface area (Å²) < 4.78 is 0.690. The molecule has 0 atom stereocenters. The highest BCUT2D eigenvalue weighted by molar-refractivity contribution is 9.10. The summed E-state index contributed by atoms with van der Waals surface area (Å²) in [5.74, 6) is -0.600. The standard InChI is InChI=1S/C15H12BrClN2O2/c16-12-8-11(6-7-13(12)17)19-14(20)9-18-15(21)10-4-2-1-3-5-10/h1-8H,9H2,(H,18,21)(H,19,20). The number of carbonyl (C=O) groups excluding carboxylic acids is 2. The van der Waals surface area contributed by atoms with Crippen molar-refractivity contribution in [2.75, 3.05) is 11.9 Å². The molecule has 2 N–H and O–H groups in total. The van der Waals surface area contributed by atoms with Crippen molar-refractivity contribution >= 4 is 45.0 Å². The summed E-state index contributed by atoms with van der Waals surface area (Å²) in [5.41, 5.74) is 1.12. The van der Waals surface area contributed by atoms with Crippen LogP contribution in [-0.4, -0.2) is 18.4 Å². The van der Waals surface area contributed by atoms with Gasteiger partial charge >= 0.3 is 0 Å². The number of halogens is 2. The predicted octanol–water partition coefficient (Wildman–Crippen LogP) is 3.47. The molecular weight excluding hydrogens is 356 g/mol. The molecule has 0 bridgehead atoms.